The molecule has 1 fully saturated rings. The number of anilines is 3. The van der Waals surface area contributed by atoms with Crippen LogP contribution in [0.5, 0.6) is 0 Å². The Morgan fingerprint density at radius 1 is 1.20 bits per heavy atom. The standard InChI is InChI=1S/C21H22BrN5O3/c1-29-21(28)25-18-9-14(13-27-4-6-30-7-5-27)8-17(11-18)24-20-23-12-15-10-16(22)2-3-19(15)26-20/h2-3,8-12H,4-7,13H2,1H3,(H,25,28)(H,23,24,26). The third-order valence-electron chi connectivity index (χ3n) is 4.73. The molecule has 4 rings (SSSR count). The van der Waals surface area contributed by atoms with E-state index in [2.05, 4.69) is 41.4 Å². The van der Waals surface area contributed by atoms with E-state index in [9.17, 15) is 4.79 Å². The van der Waals surface area contributed by atoms with Gasteiger partial charge in [-0.3, -0.25) is 10.2 Å². The van der Waals surface area contributed by atoms with Crippen molar-refractivity contribution in [1.29, 1.82) is 0 Å². The molecule has 0 unspecified atom stereocenters. The molecule has 2 aromatic carbocycles. The van der Waals surface area contributed by atoms with E-state index >= 15 is 0 Å². The van der Waals surface area contributed by atoms with Crippen LogP contribution in [0.2, 0.25) is 0 Å². The first kappa shape index (κ1) is 20.5. The molecular formula is C21H22BrN5O3. The van der Waals surface area contributed by atoms with Crippen LogP contribution >= 0.6 is 15.9 Å². The number of morpholine rings is 1. The lowest BCUT2D eigenvalue weighted by Gasteiger charge is -2.27. The normalized spacial score (nSPS) is 14.5. The lowest BCUT2D eigenvalue weighted by Crippen LogP contribution is -2.35. The first-order valence-electron chi connectivity index (χ1n) is 9.57. The van der Waals surface area contributed by atoms with Crippen LogP contribution in [-0.2, 0) is 16.0 Å². The number of hydrogen-bond donors (Lipinski definition) is 2. The number of methoxy groups -OCH3 is 1. The zero-order valence-electron chi connectivity index (χ0n) is 16.5. The van der Waals surface area contributed by atoms with E-state index in [1.165, 1.54) is 7.11 Å². The minimum atomic E-state index is -0.517. The number of rotatable bonds is 5. The smallest absolute Gasteiger partial charge is 0.411 e. The van der Waals surface area contributed by atoms with E-state index in [0.717, 1.165) is 59.5 Å². The van der Waals surface area contributed by atoms with Crippen molar-refractivity contribution in [3.8, 4) is 0 Å². The molecule has 1 aliphatic heterocycles. The van der Waals surface area contributed by atoms with Gasteiger partial charge in [0.05, 0.1) is 25.8 Å². The average molecular weight is 472 g/mol. The molecule has 0 saturated carbocycles. The van der Waals surface area contributed by atoms with Gasteiger partial charge in [0, 0.05) is 47.1 Å². The average Bonchev–Trinajstić information content (AvgIpc) is 2.74. The van der Waals surface area contributed by atoms with Crippen molar-refractivity contribution in [2.45, 2.75) is 6.54 Å². The fourth-order valence-electron chi connectivity index (χ4n) is 3.31. The van der Waals surface area contributed by atoms with Gasteiger partial charge in [-0.2, -0.15) is 0 Å². The van der Waals surface area contributed by atoms with Crippen molar-refractivity contribution in [2.24, 2.45) is 0 Å². The van der Waals surface area contributed by atoms with Gasteiger partial charge >= 0.3 is 6.09 Å². The zero-order valence-corrected chi connectivity index (χ0v) is 18.1. The van der Waals surface area contributed by atoms with Crippen LogP contribution < -0.4 is 10.6 Å². The number of nitrogens with zero attached hydrogens (tertiary/aromatic N) is 3. The van der Waals surface area contributed by atoms with Gasteiger partial charge in [-0.05, 0) is 42.0 Å². The van der Waals surface area contributed by atoms with Crippen LogP contribution in [0, 0.1) is 0 Å². The summed E-state index contributed by atoms with van der Waals surface area (Å²) in [4.78, 5) is 23.0. The number of carbonyl (C=O) groups excluding carboxylic acids is 1. The summed E-state index contributed by atoms with van der Waals surface area (Å²) in [6.07, 6.45) is 1.26. The van der Waals surface area contributed by atoms with Gasteiger partial charge in [-0.25, -0.2) is 14.8 Å². The maximum absolute atomic E-state index is 11.7. The van der Waals surface area contributed by atoms with Crippen molar-refractivity contribution in [2.75, 3.05) is 44.0 Å². The Bertz CT molecular complexity index is 1060. The Hall–Kier alpha value is -2.75. The molecule has 1 saturated heterocycles. The van der Waals surface area contributed by atoms with Gasteiger partial charge in [-0.15, -0.1) is 0 Å². The summed E-state index contributed by atoms with van der Waals surface area (Å²) in [7, 11) is 1.34. The summed E-state index contributed by atoms with van der Waals surface area (Å²) in [5.74, 6) is 0.484. The van der Waals surface area contributed by atoms with E-state index in [1.54, 1.807) is 6.20 Å². The van der Waals surface area contributed by atoms with E-state index in [4.69, 9.17) is 9.47 Å². The SMILES string of the molecule is COC(=O)Nc1cc(CN2CCOCC2)cc(Nc2ncc3cc(Br)ccc3n2)c1. The van der Waals surface area contributed by atoms with Gasteiger partial charge in [0.1, 0.15) is 0 Å². The fraction of sp³-hybridized carbons (Fsp3) is 0.286. The minimum Gasteiger partial charge on any atom is -0.453 e. The first-order valence-corrected chi connectivity index (χ1v) is 10.4. The maximum atomic E-state index is 11.7. The van der Waals surface area contributed by atoms with Crippen LogP contribution in [0.15, 0.2) is 47.1 Å². The van der Waals surface area contributed by atoms with Crippen molar-refractivity contribution < 1.29 is 14.3 Å². The molecule has 8 nitrogen and oxygen atoms in total. The summed E-state index contributed by atoms with van der Waals surface area (Å²) < 4.78 is 11.1. The van der Waals surface area contributed by atoms with Crippen LogP contribution in [-0.4, -0.2) is 54.4 Å². The molecule has 9 heteroatoms. The van der Waals surface area contributed by atoms with E-state index in [0.29, 0.717) is 11.6 Å². The monoisotopic (exact) mass is 471 g/mol. The fourth-order valence-corrected chi connectivity index (χ4v) is 3.69. The predicted molar refractivity (Wildman–Crippen MR) is 119 cm³/mol. The van der Waals surface area contributed by atoms with Crippen LogP contribution in [0.25, 0.3) is 10.9 Å². The van der Waals surface area contributed by atoms with Crippen LogP contribution in [0.4, 0.5) is 22.1 Å². The molecule has 0 aliphatic carbocycles. The molecule has 1 aliphatic rings. The molecule has 156 valence electrons. The van der Waals surface area contributed by atoms with Crippen molar-refractivity contribution >= 4 is 50.2 Å². The number of hydrogen-bond acceptors (Lipinski definition) is 7. The molecule has 0 bridgehead atoms. The molecule has 2 heterocycles. The summed E-state index contributed by atoms with van der Waals surface area (Å²) >= 11 is 3.46. The third kappa shape index (κ3) is 5.24. The molecule has 0 atom stereocenters. The van der Waals surface area contributed by atoms with Crippen molar-refractivity contribution in [3.05, 3.63) is 52.6 Å². The zero-order chi connectivity index (χ0) is 20.9. The highest BCUT2D eigenvalue weighted by atomic mass is 79.9. The van der Waals surface area contributed by atoms with Crippen molar-refractivity contribution in [3.63, 3.8) is 0 Å². The molecule has 2 N–H and O–H groups in total. The predicted octanol–water partition coefficient (Wildman–Crippen LogP) is 4.15. The number of aromatic nitrogens is 2. The number of fused-ring (bicyclic) bond motifs is 1. The van der Waals surface area contributed by atoms with Gasteiger partial charge in [0.25, 0.3) is 0 Å². The van der Waals surface area contributed by atoms with Gasteiger partial charge in [0.15, 0.2) is 0 Å². The van der Waals surface area contributed by atoms with Gasteiger partial charge in [0.2, 0.25) is 5.95 Å². The molecular weight excluding hydrogens is 450 g/mol. The topological polar surface area (TPSA) is 88.6 Å². The highest BCUT2D eigenvalue weighted by molar-refractivity contribution is 9.10. The van der Waals surface area contributed by atoms with E-state index in [-0.39, 0.29) is 0 Å². The Morgan fingerprint density at radius 3 is 2.80 bits per heavy atom. The van der Waals surface area contributed by atoms with E-state index in [1.807, 2.05) is 36.4 Å². The summed E-state index contributed by atoms with van der Waals surface area (Å²) in [6, 6.07) is 11.7. The van der Waals surface area contributed by atoms with Crippen molar-refractivity contribution in [1.82, 2.24) is 14.9 Å². The number of nitrogens with one attached hydrogen (secondary N) is 2. The number of ether oxygens (including phenoxy) is 2. The number of amides is 1. The molecule has 30 heavy (non-hydrogen) atoms. The number of halogens is 1. The molecule has 1 aromatic heterocycles. The first-order chi connectivity index (χ1) is 14.6. The molecule has 0 radical (unpaired) electrons. The molecule has 3 aromatic rings. The third-order valence-corrected chi connectivity index (χ3v) is 5.23. The second kappa shape index (κ2) is 9.38. The lowest BCUT2D eigenvalue weighted by molar-refractivity contribution is 0.0342. The number of benzene rings is 2. The Balaban J connectivity index is 1.60. The van der Waals surface area contributed by atoms with Gasteiger partial charge in [-0.1, -0.05) is 15.9 Å². The Morgan fingerprint density at radius 2 is 2.00 bits per heavy atom. The molecule has 1 amide bonds. The minimum absolute atomic E-state index is 0.484. The summed E-state index contributed by atoms with van der Waals surface area (Å²) in [5, 5.41) is 6.94. The second-order valence-corrected chi connectivity index (χ2v) is 7.86. The lowest BCUT2D eigenvalue weighted by atomic mass is 10.1. The number of carbonyl (C=O) groups is 1. The quantitative estimate of drug-likeness (QED) is 0.577. The van der Waals surface area contributed by atoms with E-state index < -0.39 is 6.09 Å². The van der Waals surface area contributed by atoms with Crippen LogP contribution in [0.3, 0.4) is 0 Å². The maximum Gasteiger partial charge on any atom is 0.411 e. The molecule has 0 spiro atoms. The second-order valence-electron chi connectivity index (χ2n) is 6.95. The Kier molecular flexibility index (Phi) is 6.41. The largest absolute Gasteiger partial charge is 0.453 e. The van der Waals surface area contributed by atoms with Gasteiger partial charge < -0.3 is 14.8 Å². The Labute approximate surface area is 182 Å². The summed E-state index contributed by atoms with van der Waals surface area (Å²) in [6.45, 7) is 3.96. The highest BCUT2D eigenvalue weighted by Crippen LogP contribution is 2.24. The highest BCUT2D eigenvalue weighted by Gasteiger charge is 2.13. The van der Waals surface area contributed by atoms with Crippen LogP contribution in [0.1, 0.15) is 5.56 Å². The summed E-state index contributed by atoms with van der Waals surface area (Å²) in [5.41, 5.74) is 3.31.